The van der Waals surface area contributed by atoms with E-state index in [1.165, 1.54) is 0 Å². The molecule has 122 valence electrons. The van der Waals surface area contributed by atoms with Crippen molar-refractivity contribution in [2.45, 2.75) is 32.9 Å². The maximum atomic E-state index is 11.8. The van der Waals surface area contributed by atoms with Crippen LogP contribution < -0.4 is 0 Å². The van der Waals surface area contributed by atoms with E-state index < -0.39 is 12.0 Å². The Morgan fingerprint density at radius 3 is 2.68 bits per heavy atom. The summed E-state index contributed by atoms with van der Waals surface area (Å²) in [5, 5.41) is 10.2. The van der Waals surface area contributed by atoms with Gasteiger partial charge in [-0.3, -0.25) is 14.6 Å². The van der Waals surface area contributed by atoms with Crippen LogP contribution in [-0.4, -0.2) is 53.1 Å². The first kappa shape index (κ1) is 17.3. The van der Waals surface area contributed by atoms with E-state index in [0.717, 1.165) is 31.7 Å². The third-order valence-corrected chi connectivity index (χ3v) is 4.39. The third-order valence-electron chi connectivity index (χ3n) is 4.16. The van der Waals surface area contributed by atoms with Gasteiger partial charge in [0.2, 0.25) is 0 Å². The molecule has 0 spiro atoms. The molecular weight excluding hydrogens is 300 g/mol. The van der Waals surface area contributed by atoms with Crippen molar-refractivity contribution < 1.29 is 9.90 Å². The summed E-state index contributed by atoms with van der Waals surface area (Å²) in [5.74, 6) is -0.191. The molecule has 0 amide bonds. The fourth-order valence-electron chi connectivity index (χ4n) is 3.18. The van der Waals surface area contributed by atoms with Crippen LogP contribution in [-0.2, 0) is 4.79 Å². The molecule has 1 aromatic rings. The number of halogens is 1. The summed E-state index contributed by atoms with van der Waals surface area (Å²) < 4.78 is 0. The van der Waals surface area contributed by atoms with Gasteiger partial charge in [-0.25, -0.2) is 0 Å². The molecule has 0 aromatic heterocycles. The van der Waals surface area contributed by atoms with E-state index in [0.29, 0.717) is 17.0 Å². The molecule has 0 bridgehead atoms. The predicted molar refractivity (Wildman–Crippen MR) is 89.3 cm³/mol. The molecule has 0 saturated carbocycles. The summed E-state index contributed by atoms with van der Waals surface area (Å²) in [6.45, 7) is 10.1. The molecule has 0 radical (unpaired) electrons. The van der Waals surface area contributed by atoms with E-state index in [2.05, 4.69) is 30.6 Å². The lowest BCUT2D eigenvalue weighted by Crippen LogP contribution is -2.54. The van der Waals surface area contributed by atoms with Crippen LogP contribution in [0.2, 0.25) is 5.02 Å². The van der Waals surface area contributed by atoms with Crippen molar-refractivity contribution in [1.82, 2.24) is 9.80 Å². The summed E-state index contributed by atoms with van der Waals surface area (Å²) in [6.07, 6.45) is 0. The molecule has 1 aromatic carbocycles. The molecule has 22 heavy (non-hydrogen) atoms. The van der Waals surface area contributed by atoms with E-state index in [9.17, 15) is 9.90 Å². The maximum Gasteiger partial charge on any atom is 0.325 e. The Morgan fingerprint density at radius 2 is 2.14 bits per heavy atom. The highest BCUT2D eigenvalue weighted by Crippen LogP contribution is 2.26. The van der Waals surface area contributed by atoms with Gasteiger partial charge in [-0.1, -0.05) is 37.6 Å². The third kappa shape index (κ3) is 4.22. The lowest BCUT2D eigenvalue weighted by Gasteiger charge is -2.42. The van der Waals surface area contributed by atoms with Gasteiger partial charge in [-0.15, -0.1) is 0 Å². The van der Waals surface area contributed by atoms with Crippen LogP contribution in [0, 0.1) is 5.92 Å². The largest absolute Gasteiger partial charge is 0.480 e. The number of piperazine rings is 1. The zero-order valence-electron chi connectivity index (χ0n) is 13.5. The van der Waals surface area contributed by atoms with Gasteiger partial charge in [-0.2, -0.15) is 0 Å². The van der Waals surface area contributed by atoms with E-state index in [4.69, 9.17) is 11.6 Å². The van der Waals surface area contributed by atoms with Gasteiger partial charge in [0.05, 0.1) is 0 Å². The van der Waals surface area contributed by atoms with Gasteiger partial charge in [0.15, 0.2) is 0 Å². The second kappa shape index (κ2) is 7.44. The molecular formula is C17H25ClN2O2. The molecule has 1 aliphatic heterocycles. The number of rotatable bonds is 5. The Balaban J connectivity index is 2.13. The quantitative estimate of drug-likeness (QED) is 0.903. The van der Waals surface area contributed by atoms with Gasteiger partial charge in [0.25, 0.3) is 0 Å². The highest BCUT2D eigenvalue weighted by Gasteiger charge is 2.33. The summed E-state index contributed by atoms with van der Waals surface area (Å²) in [6, 6.07) is 6.92. The second-order valence-electron chi connectivity index (χ2n) is 6.53. The molecule has 0 aliphatic carbocycles. The molecule has 2 atom stereocenters. The van der Waals surface area contributed by atoms with E-state index in [-0.39, 0.29) is 0 Å². The van der Waals surface area contributed by atoms with Crippen LogP contribution in [0.5, 0.6) is 0 Å². The van der Waals surface area contributed by atoms with Crippen molar-refractivity contribution in [2.24, 2.45) is 5.92 Å². The summed E-state index contributed by atoms with van der Waals surface area (Å²) in [7, 11) is 0. The van der Waals surface area contributed by atoms with Gasteiger partial charge >= 0.3 is 5.97 Å². The fourth-order valence-corrected chi connectivity index (χ4v) is 3.38. The first-order valence-electron chi connectivity index (χ1n) is 7.85. The lowest BCUT2D eigenvalue weighted by atomic mass is 10.0. The van der Waals surface area contributed by atoms with Crippen LogP contribution in [0.4, 0.5) is 0 Å². The van der Waals surface area contributed by atoms with Crippen molar-refractivity contribution in [3.8, 4) is 0 Å². The van der Waals surface area contributed by atoms with Gasteiger partial charge in [0.1, 0.15) is 6.04 Å². The number of carboxylic acid groups (broad SMARTS) is 1. The Labute approximate surface area is 137 Å². The predicted octanol–water partition coefficient (Wildman–Crippen LogP) is 3.13. The molecule has 1 N–H and O–H groups in total. The minimum Gasteiger partial charge on any atom is -0.480 e. The number of aliphatic carboxylic acids is 1. The number of benzene rings is 1. The van der Waals surface area contributed by atoms with Crippen LogP contribution in [0.1, 0.15) is 32.4 Å². The summed E-state index contributed by atoms with van der Waals surface area (Å²) >= 11 is 6.02. The lowest BCUT2D eigenvalue weighted by molar-refractivity contribution is -0.145. The van der Waals surface area contributed by atoms with Crippen molar-refractivity contribution in [3.05, 3.63) is 34.9 Å². The van der Waals surface area contributed by atoms with Crippen LogP contribution >= 0.6 is 11.6 Å². The Morgan fingerprint density at radius 1 is 1.41 bits per heavy atom. The SMILES string of the molecule is CC(C)CN1CCN(C(C(=O)O)c2cccc(Cl)c2)CC1C. The number of hydrogen-bond donors (Lipinski definition) is 1. The molecule has 1 saturated heterocycles. The van der Waals surface area contributed by atoms with Crippen molar-refractivity contribution >= 4 is 17.6 Å². The maximum absolute atomic E-state index is 11.8. The number of carboxylic acids is 1. The molecule has 1 fully saturated rings. The summed E-state index contributed by atoms with van der Waals surface area (Å²) in [4.78, 5) is 16.3. The van der Waals surface area contributed by atoms with Crippen molar-refractivity contribution in [3.63, 3.8) is 0 Å². The Kier molecular flexibility index (Phi) is 5.84. The van der Waals surface area contributed by atoms with E-state index in [1.807, 2.05) is 12.1 Å². The van der Waals surface area contributed by atoms with Crippen LogP contribution in [0.25, 0.3) is 0 Å². The Hall–Kier alpha value is -1.10. The van der Waals surface area contributed by atoms with Gasteiger partial charge < -0.3 is 5.11 Å². The average Bonchev–Trinajstić information content (AvgIpc) is 2.41. The van der Waals surface area contributed by atoms with E-state index >= 15 is 0 Å². The topological polar surface area (TPSA) is 43.8 Å². The molecule has 2 rings (SSSR count). The normalized spacial score (nSPS) is 22.0. The van der Waals surface area contributed by atoms with E-state index in [1.54, 1.807) is 12.1 Å². The van der Waals surface area contributed by atoms with Crippen molar-refractivity contribution in [1.29, 1.82) is 0 Å². The standard InChI is InChI=1S/C17H25ClN2O2/c1-12(2)10-19-7-8-20(11-13(19)3)16(17(21)22)14-5-4-6-15(18)9-14/h4-6,9,12-13,16H,7-8,10-11H2,1-3H3,(H,21,22). The highest BCUT2D eigenvalue weighted by molar-refractivity contribution is 6.30. The zero-order valence-corrected chi connectivity index (χ0v) is 14.3. The number of nitrogens with zero attached hydrogens (tertiary/aromatic N) is 2. The fraction of sp³-hybridized carbons (Fsp3) is 0.588. The first-order valence-corrected chi connectivity index (χ1v) is 8.22. The number of hydrogen-bond acceptors (Lipinski definition) is 3. The minimum absolute atomic E-state index is 0.359. The smallest absolute Gasteiger partial charge is 0.325 e. The molecule has 4 nitrogen and oxygen atoms in total. The average molecular weight is 325 g/mol. The monoisotopic (exact) mass is 324 g/mol. The minimum atomic E-state index is -0.813. The van der Waals surface area contributed by atoms with Crippen LogP contribution in [0.3, 0.4) is 0 Å². The highest BCUT2D eigenvalue weighted by atomic mass is 35.5. The molecule has 5 heteroatoms. The first-order chi connectivity index (χ1) is 10.4. The zero-order chi connectivity index (χ0) is 16.3. The van der Waals surface area contributed by atoms with Crippen LogP contribution in [0.15, 0.2) is 24.3 Å². The molecule has 2 unspecified atom stereocenters. The van der Waals surface area contributed by atoms with Gasteiger partial charge in [0, 0.05) is 37.2 Å². The summed E-state index contributed by atoms with van der Waals surface area (Å²) in [5.41, 5.74) is 0.754. The number of carbonyl (C=O) groups is 1. The van der Waals surface area contributed by atoms with Crippen molar-refractivity contribution in [2.75, 3.05) is 26.2 Å². The van der Waals surface area contributed by atoms with Gasteiger partial charge in [-0.05, 0) is 30.5 Å². The second-order valence-corrected chi connectivity index (χ2v) is 6.96. The molecule has 1 aliphatic rings. The molecule has 1 heterocycles. The Bertz CT molecular complexity index is 521.